The molecule has 2 atom stereocenters. The maximum atomic E-state index is 13.9. The van der Waals surface area contributed by atoms with Crippen LogP contribution in [-0.2, 0) is 28.7 Å². The zero-order chi connectivity index (χ0) is 27.7. The Kier molecular flexibility index (Phi) is 6.90. The number of hydrogen-bond acceptors (Lipinski definition) is 4. The fourth-order valence-corrected chi connectivity index (χ4v) is 4.84. The third kappa shape index (κ3) is 5.25. The van der Waals surface area contributed by atoms with Crippen LogP contribution in [0.25, 0.3) is 0 Å². The molecule has 0 fully saturated rings. The summed E-state index contributed by atoms with van der Waals surface area (Å²) in [5, 5.41) is 5.53. The number of benzene rings is 2. The lowest BCUT2D eigenvalue weighted by Crippen LogP contribution is -2.49. The molecule has 4 amide bonds. The number of likely N-dealkylation sites (N-methyl/N-ethyl adjacent to an activating group) is 1. The second-order valence-corrected chi connectivity index (χ2v) is 9.36. The van der Waals surface area contributed by atoms with Gasteiger partial charge in [0.2, 0.25) is 5.91 Å². The second kappa shape index (κ2) is 10.3. The molecule has 0 unspecified atom stereocenters. The van der Waals surface area contributed by atoms with E-state index in [0.717, 1.165) is 17.7 Å². The van der Waals surface area contributed by atoms with Crippen LogP contribution < -0.4 is 10.6 Å². The van der Waals surface area contributed by atoms with Crippen molar-refractivity contribution in [2.24, 2.45) is 0 Å². The minimum Gasteiger partial charge on any atom is -0.467 e. The van der Waals surface area contributed by atoms with E-state index < -0.39 is 41.7 Å². The number of nitrogens with one attached hydrogen (secondary N) is 2. The van der Waals surface area contributed by atoms with Gasteiger partial charge in [0.15, 0.2) is 0 Å². The molecule has 3 heterocycles. The number of rotatable bonds is 7. The highest BCUT2D eigenvalue weighted by Crippen LogP contribution is 2.38. The fourth-order valence-electron chi connectivity index (χ4n) is 4.84. The van der Waals surface area contributed by atoms with Crippen LogP contribution in [0.5, 0.6) is 0 Å². The fraction of sp³-hybridized carbons (Fsp3) is 0.250. The lowest BCUT2D eigenvalue weighted by Gasteiger charge is -2.31. The van der Waals surface area contributed by atoms with Crippen LogP contribution in [0, 0.1) is 0 Å². The van der Waals surface area contributed by atoms with Gasteiger partial charge >= 0.3 is 12.2 Å². The van der Waals surface area contributed by atoms with Crippen LogP contribution in [-0.4, -0.2) is 47.3 Å². The molecule has 1 aromatic heterocycles. The summed E-state index contributed by atoms with van der Waals surface area (Å²) in [6.07, 6.45) is -2.81. The Labute approximate surface area is 222 Å². The molecular weight excluding hydrogens is 513 g/mol. The van der Waals surface area contributed by atoms with E-state index in [9.17, 15) is 27.6 Å². The summed E-state index contributed by atoms with van der Waals surface area (Å²) in [4.78, 5) is 42.8. The number of nitrogens with zero attached hydrogens (tertiary/aromatic N) is 2. The van der Waals surface area contributed by atoms with E-state index in [1.807, 2.05) is 30.3 Å². The molecule has 11 heteroatoms. The Morgan fingerprint density at radius 2 is 1.79 bits per heavy atom. The van der Waals surface area contributed by atoms with Gasteiger partial charge in [-0.25, -0.2) is 4.79 Å². The van der Waals surface area contributed by atoms with Crippen LogP contribution in [0.2, 0.25) is 0 Å². The molecule has 2 aliphatic heterocycles. The standard InChI is InChI=1S/C28H25F3N4O4/c1-34-22-16-35(21(14-17-6-3-2-4-7-17)25(36)32-15-20-8-5-13-39-20)26(37)23(22)24(33-27(34)38)18-9-11-19(12-10-18)28(29,30)31/h2-13,21,24H,14-16H2,1H3,(H,32,36)(H,33,38)/t21-,24-/m1/s1. The molecule has 3 aromatic rings. The maximum absolute atomic E-state index is 13.9. The first-order valence-corrected chi connectivity index (χ1v) is 12.2. The van der Waals surface area contributed by atoms with Crippen molar-refractivity contribution in [1.82, 2.24) is 20.4 Å². The molecule has 0 saturated heterocycles. The van der Waals surface area contributed by atoms with E-state index in [2.05, 4.69) is 10.6 Å². The molecule has 8 nitrogen and oxygen atoms in total. The Morgan fingerprint density at radius 3 is 2.44 bits per heavy atom. The van der Waals surface area contributed by atoms with Crippen LogP contribution in [0.15, 0.2) is 88.7 Å². The summed E-state index contributed by atoms with van der Waals surface area (Å²) in [5.41, 5.74) is 0.929. The van der Waals surface area contributed by atoms with Crippen molar-refractivity contribution in [3.63, 3.8) is 0 Å². The van der Waals surface area contributed by atoms with Gasteiger partial charge in [-0.1, -0.05) is 42.5 Å². The molecule has 0 radical (unpaired) electrons. The monoisotopic (exact) mass is 538 g/mol. The first-order chi connectivity index (χ1) is 18.6. The van der Waals surface area contributed by atoms with Crippen molar-refractivity contribution >= 4 is 17.8 Å². The van der Waals surface area contributed by atoms with Crippen molar-refractivity contribution in [3.05, 3.63) is 107 Å². The Morgan fingerprint density at radius 1 is 1.08 bits per heavy atom. The average molecular weight is 539 g/mol. The summed E-state index contributed by atoms with van der Waals surface area (Å²) >= 11 is 0. The van der Waals surface area contributed by atoms with Crippen molar-refractivity contribution in [2.45, 2.75) is 31.2 Å². The average Bonchev–Trinajstić information content (AvgIpc) is 3.56. The molecule has 2 aliphatic rings. The third-order valence-electron chi connectivity index (χ3n) is 6.93. The topological polar surface area (TPSA) is 94.9 Å². The summed E-state index contributed by atoms with van der Waals surface area (Å²) in [6, 6.07) is 14.6. The third-order valence-corrected chi connectivity index (χ3v) is 6.93. The predicted octanol–water partition coefficient (Wildman–Crippen LogP) is 4.02. The van der Waals surface area contributed by atoms with Crippen molar-refractivity contribution in [2.75, 3.05) is 13.6 Å². The number of urea groups is 1. The van der Waals surface area contributed by atoms with Crippen molar-refractivity contribution in [3.8, 4) is 0 Å². The highest BCUT2D eigenvalue weighted by molar-refractivity contribution is 6.03. The van der Waals surface area contributed by atoms with Crippen LogP contribution >= 0.6 is 0 Å². The molecule has 2 aromatic carbocycles. The zero-order valence-electron chi connectivity index (χ0n) is 20.9. The maximum Gasteiger partial charge on any atom is 0.416 e. The molecule has 5 rings (SSSR count). The number of hydrogen-bond donors (Lipinski definition) is 2. The molecular formula is C28H25F3N4O4. The highest BCUT2D eigenvalue weighted by Gasteiger charge is 2.46. The van der Waals surface area contributed by atoms with Crippen LogP contribution in [0.3, 0.4) is 0 Å². The van der Waals surface area contributed by atoms with Gasteiger partial charge < -0.3 is 20.0 Å². The molecule has 2 N–H and O–H groups in total. The largest absolute Gasteiger partial charge is 0.467 e. The zero-order valence-corrected chi connectivity index (χ0v) is 20.9. The normalized spacial score (nSPS) is 18.2. The van der Waals surface area contributed by atoms with Gasteiger partial charge in [0.25, 0.3) is 5.91 Å². The van der Waals surface area contributed by atoms with Crippen LogP contribution in [0.1, 0.15) is 28.5 Å². The van der Waals surface area contributed by atoms with Gasteiger partial charge in [-0.05, 0) is 35.4 Å². The number of alkyl halides is 3. The van der Waals surface area contributed by atoms with E-state index >= 15 is 0 Å². The number of halogens is 3. The lowest BCUT2D eigenvalue weighted by atomic mass is 9.94. The number of carbonyl (C=O) groups is 3. The van der Waals surface area contributed by atoms with Crippen molar-refractivity contribution in [1.29, 1.82) is 0 Å². The highest BCUT2D eigenvalue weighted by atomic mass is 19.4. The first-order valence-electron chi connectivity index (χ1n) is 12.2. The Balaban J connectivity index is 1.45. The minimum absolute atomic E-state index is 0.0130. The molecule has 202 valence electrons. The van der Waals surface area contributed by atoms with Crippen molar-refractivity contribution < 1.29 is 32.0 Å². The van der Waals surface area contributed by atoms with E-state index in [-0.39, 0.29) is 25.1 Å². The minimum atomic E-state index is -4.52. The van der Waals surface area contributed by atoms with Gasteiger partial charge in [0.1, 0.15) is 11.8 Å². The van der Waals surface area contributed by atoms with Gasteiger partial charge in [0.05, 0.1) is 42.2 Å². The first kappa shape index (κ1) is 26.1. The van der Waals surface area contributed by atoms with E-state index in [4.69, 9.17) is 4.42 Å². The molecule has 0 saturated carbocycles. The van der Waals surface area contributed by atoms with Gasteiger partial charge in [-0.2, -0.15) is 13.2 Å². The molecule has 39 heavy (non-hydrogen) atoms. The Bertz CT molecular complexity index is 1400. The number of amides is 4. The molecule has 0 spiro atoms. The second-order valence-electron chi connectivity index (χ2n) is 9.36. The van der Waals surface area contributed by atoms with E-state index in [0.29, 0.717) is 17.0 Å². The van der Waals surface area contributed by atoms with E-state index in [1.54, 1.807) is 12.1 Å². The van der Waals surface area contributed by atoms with Gasteiger partial charge in [-0.3, -0.25) is 14.5 Å². The summed E-state index contributed by atoms with van der Waals surface area (Å²) in [6.45, 7) is 0.112. The molecule has 0 aliphatic carbocycles. The van der Waals surface area contributed by atoms with Gasteiger partial charge in [0, 0.05) is 13.5 Å². The summed E-state index contributed by atoms with van der Waals surface area (Å²) in [7, 11) is 1.51. The quantitative estimate of drug-likeness (QED) is 0.475. The predicted molar refractivity (Wildman–Crippen MR) is 134 cm³/mol. The summed E-state index contributed by atoms with van der Waals surface area (Å²) < 4.78 is 44.6. The Hall–Kier alpha value is -4.54. The van der Waals surface area contributed by atoms with E-state index in [1.165, 1.54) is 35.2 Å². The number of furan rings is 1. The molecule has 0 bridgehead atoms. The van der Waals surface area contributed by atoms with Crippen LogP contribution in [0.4, 0.5) is 18.0 Å². The smallest absolute Gasteiger partial charge is 0.416 e. The SMILES string of the molecule is CN1C(=O)N[C@H](c2ccc(C(F)(F)F)cc2)C2=C1CN([C@H](Cc1ccccc1)C(=O)NCc1ccco1)C2=O. The summed E-state index contributed by atoms with van der Waals surface area (Å²) in [5.74, 6) is -0.337. The number of carbonyl (C=O) groups excluding carboxylic acids is 3. The lowest BCUT2D eigenvalue weighted by molar-refractivity contribution is -0.137. The van der Waals surface area contributed by atoms with Gasteiger partial charge in [-0.15, -0.1) is 0 Å².